The number of halogens is 1. The predicted octanol–water partition coefficient (Wildman–Crippen LogP) is 3.93. The molecule has 1 aliphatic carbocycles. The summed E-state index contributed by atoms with van der Waals surface area (Å²) in [7, 11) is 0. The molecule has 4 heteroatoms. The number of rotatable bonds is 2. The van der Waals surface area contributed by atoms with Gasteiger partial charge in [-0.1, -0.05) is 17.7 Å². The van der Waals surface area contributed by atoms with Crippen molar-refractivity contribution in [1.82, 2.24) is 4.98 Å². The average molecular weight is 275 g/mol. The van der Waals surface area contributed by atoms with Crippen molar-refractivity contribution in [2.24, 2.45) is 0 Å². The lowest BCUT2D eigenvalue weighted by molar-refractivity contribution is 0.471. The van der Waals surface area contributed by atoms with Gasteiger partial charge in [-0.2, -0.15) is 0 Å². The molecule has 0 aliphatic heterocycles. The van der Waals surface area contributed by atoms with Crippen LogP contribution in [-0.4, -0.2) is 10.1 Å². The van der Waals surface area contributed by atoms with E-state index in [-0.39, 0.29) is 6.04 Å². The molecule has 0 saturated heterocycles. The molecule has 1 heterocycles. The van der Waals surface area contributed by atoms with Crippen LogP contribution in [0.2, 0.25) is 5.02 Å². The topological polar surface area (TPSA) is 45.1 Å². The quantitative estimate of drug-likeness (QED) is 0.872. The molecule has 0 fully saturated rings. The number of nitrogens with zero attached hydrogens (tertiary/aromatic N) is 1. The van der Waals surface area contributed by atoms with Gasteiger partial charge < -0.3 is 10.4 Å². The number of hydrogen-bond acceptors (Lipinski definition) is 3. The summed E-state index contributed by atoms with van der Waals surface area (Å²) in [6.07, 6.45) is 6.64. The first-order chi connectivity index (χ1) is 9.24. The van der Waals surface area contributed by atoms with E-state index in [9.17, 15) is 5.11 Å². The summed E-state index contributed by atoms with van der Waals surface area (Å²) in [5, 5.41) is 13.8. The van der Waals surface area contributed by atoms with E-state index in [0.29, 0.717) is 10.8 Å². The maximum atomic E-state index is 9.66. The molecule has 0 radical (unpaired) electrons. The van der Waals surface area contributed by atoms with Crippen molar-refractivity contribution in [1.29, 1.82) is 0 Å². The fourth-order valence-electron chi connectivity index (χ4n) is 2.61. The van der Waals surface area contributed by atoms with E-state index in [1.807, 2.05) is 12.1 Å². The van der Waals surface area contributed by atoms with Gasteiger partial charge in [0.05, 0.1) is 22.9 Å². The Hall–Kier alpha value is -1.74. The summed E-state index contributed by atoms with van der Waals surface area (Å²) in [5.41, 5.74) is 3.29. The van der Waals surface area contributed by atoms with Gasteiger partial charge in [0.15, 0.2) is 0 Å². The summed E-state index contributed by atoms with van der Waals surface area (Å²) >= 11 is 6.15. The molecule has 1 aliphatic rings. The van der Waals surface area contributed by atoms with E-state index < -0.39 is 0 Å². The van der Waals surface area contributed by atoms with E-state index in [2.05, 4.69) is 10.3 Å². The number of pyridine rings is 1. The van der Waals surface area contributed by atoms with Gasteiger partial charge in [0.25, 0.3) is 0 Å². The third-order valence-electron chi connectivity index (χ3n) is 3.54. The van der Waals surface area contributed by atoms with E-state index in [4.69, 9.17) is 11.6 Å². The summed E-state index contributed by atoms with van der Waals surface area (Å²) in [5.74, 6) is 0.310. The molecular weight excluding hydrogens is 260 g/mol. The van der Waals surface area contributed by atoms with Crippen LogP contribution < -0.4 is 5.32 Å². The highest BCUT2D eigenvalue weighted by Gasteiger charge is 2.21. The highest BCUT2D eigenvalue weighted by molar-refractivity contribution is 6.33. The maximum absolute atomic E-state index is 9.66. The molecule has 1 atom stereocenters. The number of hydrogen-bond donors (Lipinski definition) is 2. The van der Waals surface area contributed by atoms with Crippen LogP contribution >= 0.6 is 11.6 Å². The molecular formula is C15H15ClN2O. The summed E-state index contributed by atoms with van der Waals surface area (Å²) in [4.78, 5) is 4.09. The number of phenolic OH excluding ortho intramolecular Hbond substituents is 1. The number of fused-ring (bicyclic) bond motifs is 1. The smallest absolute Gasteiger partial charge is 0.115 e. The Morgan fingerprint density at radius 3 is 3.05 bits per heavy atom. The molecule has 2 aromatic rings. The Balaban J connectivity index is 1.92. The lowest BCUT2D eigenvalue weighted by atomic mass is 9.87. The van der Waals surface area contributed by atoms with Crippen LogP contribution in [0.1, 0.15) is 30.0 Å². The molecule has 98 valence electrons. The fraction of sp³-hybridized carbons (Fsp3) is 0.267. The van der Waals surface area contributed by atoms with Gasteiger partial charge in [0.1, 0.15) is 5.75 Å². The number of aromatic nitrogens is 1. The van der Waals surface area contributed by atoms with Crippen molar-refractivity contribution >= 4 is 17.3 Å². The van der Waals surface area contributed by atoms with E-state index >= 15 is 0 Å². The summed E-state index contributed by atoms with van der Waals surface area (Å²) < 4.78 is 0. The van der Waals surface area contributed by atoms with Crippen LogP contribution in [0.3, 0.4) is 0 Å². The lowest BCUT2D eigenvalue weighted by Gasteiger charge is -2.27. The molecule has 3 rings (SSSR count). The van der Waals surface area contributed by atoms with Gasteiger partial charge in [-0.15, -0.1) is 0 Å². The Morgan fingerprint density at radius 2 is 2.21 bits per heavy atom. The molecule has 1 unspecified atom stereocenters. The number of aryl methyl sites for hydroxylation is 1. The molecule has 0 bridgehead atoms. The zero-order valence-corrected chi connectivity index (χ0v) is 11.2. The number of aromatic hydroxyl groups is 1. The molecule has 2 N–H and O–H groups in total. The van der Waals surface area contributed by atoms with Gasteiger partial charge >= 0.3 is 0 Å². The molecule has 19 heavy (non-hydrogen) atoms. The number of anilines is 1. The number of benzene rings is 1. The largest absolute Gasteiger partial charge is 0.508 e. The molecule has 1 aromatic heterocycles. The second kappa shape index (κ2) is 5.10. The number of nitrogens with one attached hydrogen (secondary N) is 1. The lowest BCUT2D eigenvalue weighted by Crippen LogP contribution is -2.17. The van der Waals surface area contributed by atoms with Crippen LogP contribution in [0.25, 0.3) is 0 Å². The minimum Gasteiger partial charge on any atom is -0.508 e. The van der Waals surface area contributed by atoms with E-state index in [0.717, 1.165) is 30.5 Å². The minimum atomic E-state index is 0.178. The maximum Gasteiger partial charge on any atom is 0.115 e. The summed E-state index contributed by atoms with van der Waals surface area (Å²) in [6.45, 7) is 0. The number of phenols is 1. The third-order valence-corrected chi connectivity index (χ3v) is 3.87. The van der Waals surface area contributed by atoms with Gasteiger partial charge in [-0.3, -0.25) is 4.98 Å². The van der Waals surface area contributed by atoms with Crippen molar-refractivity contribution in [3.63, 3.8) is 0 Å². The molecule has 0 spiro atoms. The first kappa shape index (κ1) is 12.3. The minimum absolute atomic E-state index is 0.178. The molecule has 0 amide bonds. The van der Waals surface area contributed by atoms with Crippen LogP contribution in [0.5, 0.6) is 5.75 Å². The highest BCUT2D eigenvalue weighted by atomic mass is 35.5. The van der Waals surface area contributed by atoms with Crippen molar-refractivity contribution in [3.05, 3.63) is 52.8 Å². The van der Waals surface area contributed by atoms with Crippen molar-refractivity contribution < 1.29 is 5.11 Å². The van der Waals surface area contributed by atoms with Gasteiger partial charge in [0.2, 0.25) is 0 Å². The van der Waals surface area contributed by atoms with Crippen LogP contribution in [0.4, 0.5) is 5.69 Å². The zero-order chi connectivity index (χ0) is 13.2. The van der Waals surface area contributed by atoms with Crippen LogP contribution in [-0.2, 0) is 6.42 Å². The second-order valence-corrected chi connectivity index (χ2v) is 5.23. The highest BCUT2D eigenvalue weighted by Crippen LogP contribution is 2.35. The van der Waals surface area contributed by atoms with Gasteiger partial charge in [-0.25, -0.2) is 0 Å². The zero-order valence-electron chi connectivity index (χ0n) is 10.4. The van der Waals surface area contributed by atoms with Crippen LogP contribution in [0, 0.1) is 0 Å². The summed E-state index contributed by atoms with van der Waals surface area (Å²) in [6, 6.07) is 7.55. The Morgan fingerprint density at radius 1 is 1.32 bits per heavy atom. The monoisotopic (exact) mass is 274 g/mol. The Labute approximate surface area is 117 Å². The van der Waals surface area contributed by atoms with Gasteiger partial charge in [0, 0.05) is 6.20 Å². The first-order valence-electron chi connectivity index (χ1n) is 6.42. The van der Waals surface area contributed by atoms with E-state index in [1.165, 1.54) is 5.56 Å². The SMILES string of the molecule is Oc1ccc2c(c1)C(Nc1cnccc1Cl)CCC2. The first-order valence-corrected chi connectivity index (χ1v) is 6.79. The third kappa shape index (κ3) is 2.51. The van der Waals surface area contributed by atoms with Gasteiger partial charge in [-0.05, 0) is 48.6 Å². The fourth-order valence-corrected chi connectivity index (χ4v) is 2.77. The van der Waals surface area contributed by atoms with Crippen molar-refractivity contribution in [2.45, 2.75) is 25.3 Å². The second-order valence-electron chi connectivity index (χ2n) is 4.83. The predicted molar refractivity (Wildman–Crippen MR) is 76.7 cm³/mol. The van der Waals surface area contributed by atoms with Crippen molar-refractivity contribution in [2.75, 3.05) is 5.32 Å². The normalized spacial score (nSPS) is 17.8. The van der Waals surface area contributed by atoms with E-state index in [1.54, 1.807) is 24.5 Å². The molecule has 1 aromatic carbocycles. The Bertz CT molecular complexity index is 600. The van der Waals surface area contributed by atoms with Crippen molar-refractivity contribution in [3.8, 4) is 5.75 Å². The average Bonchev–Trinajstić information content (AvgIpc) is 2.42. The molecule has 0 saturated carbocycles. The van der Waals surface area contributed by atoms with Crippen LogP contribution in [0.15, 0.2) is 36.7 Å². The Kier molecular flexibility index (Phi) is 3.30. The standard InChI is InChI=1S/C15H15ClN2O/c16-13-6-7-17-9-15(13)18-14-3-1-2-10-4-5-11(19)8-12(10)14/h4-9,14,18-19H,1-3H2. The molecule has 3 nitrogen and oxygen atoms in total.